The molecular formula is C24H38O3. The van der Waals surface area contributed by atoms with Gasteiger partial charge in [-0.05, 0) is 93.8 Å². The lowest BCUT2D eigenvalue weighted by molar-refractivity contribution is -0.126. The summed E-state index contributed by atoms with van der Waals surface area (Å²) in [6, 6.07) is 0. The number of hydrogen-bond donors (Lipinski definition) is 1. The summed E-state index contributed by atoms with van der Waals surface area (Å²) in [7, 11) is 0. The molecule has 0 bridgehead atoms. The Bertz CT molecular complexity index is 640. The third-order valence-corrected chi connectivity index (χ3v) is 9.24. The Morgan fingerprint density at radius 3 is 2.70 bits per heavy atom. The molecule has 0 radical (unpaired) electrons. The van der Waals surface area contributed by atoms with E-state index in [4.69, 9.17) is 4.74 Å². The van der Waals surface area contributed by atoms with Crippen LogP contribution in [0.2, 0.25) is 0 Å². The predicted molar refractivity (Wildman–Crippen MR) is 107 cm³/mol. The highest BCUT2D eigenvalue weighted by atomic mass is 16.5. The average molecular weight is 375 g/mol. The lowest BCUT2D eigenvalue weighted by Gasteiger charge is -2.58. The van der Waals surface area contributed by atoms with Gasteiger partial charge in [-0.1, -0.05) is 25.5 Å². The van der Waals surface area contributed by atoms with Crippen LogP contribution in [0.1, 0.15) is 79.1 Å². The van der Waals surface area contributed by atoms with E-state index in [1.807, 2.05) is 6.92 Å². The molecule has 4 aliphatic rings. The van der Waals surface area contributed by atoms with Gasteiger partial charge in [-0.15, -0.1) is 0 Å². The maximum absolute atomic E-state index is 12.3. The lowest BCUT2D eigenvalue weighted by atomic mass is 9.47. The van der Waals surface area contributed by atoms with Crippen molar-refractivity contribution in [3.63, 3.8) is 0 Å². The highest BCUT2D eigenvalue weighted by molar-refractivity contribution is 5.79. The number of hydrogen-bond acceptors (Lipinski definition) is 3. The molecule has 1 N–H and O–H groups in total. The number of ether oxygens (including phenoxy) is 1. The van der Waals surface area contributed by atoms with E-state index in [1.165, 1.54) is 19.3 Å². The van der Waals surface area contributed by atoms with E-state index in [-0.39, 0.29) is 16.7 Å². The van der Waals surface area contributed by atoms with Gasteiger partial charge in [0.2, 0.25) is 0 Å². The summed E-state index contributed by atoms with van der Waals surface area (Å²) in [4.78, 5) is 12.3. The molecule has 0 unspecified atom stereocenters. The molecule has 0 aromatic rings. The molecule has 0 saturated heterocycles. The maximum atomic E-state index is 12.3. The molecule has 3 fully saturated rings. The van der Waals surface area contributed by atoms with E-state index in [9.17, 15) is 9.90 Å². The number of aliphatic hydroxyl groups is 1. The summed E-state index contributed by atoms with van der Waals surface area (Å²) in [5, 5.41) is 11.1. The quantitative estimate of drug-likeness (QED) is 0.710. The summed E-state index contributed by atoms with van der Waals surface area (Å²) in [6.45, 7) is 9.82. The van der Waals surface area contributed by atoms with Crippen LogP contribution in [0.5, 0.6) is 0 Å². The van der Waals surface area contributed by atoms with Crippen molar-refractivity contribution < 1.29 is 14.6 Å². The van der Waals surface area contributed by atoms with Gasteiger partial charge in [-0.2, -0.15) is 0 Å². The molecule has 0 spiro atoms. The monoisotopic (exact) mass is 374 g/mol. The van der Waals surface area contributed by atoms with Gasteiger partial charge < -0.3 is 9.84 Å². The molecule has 0 amide bonds. The van der Waals surface area contributed by atoms with Crippen molar-refractivity contribution in [1.29, 1.82) is 0 Å². The molecule has 0 aromatic heterocycles. The molecule has 4 aliphatic carbocycles. The molecule has 27 heavy (non-hydrogen) atoms. The Balaban J connectivity index is 1.59. The van der Waals surface area contributed by atoms with Gasteiger partial charge in [0.05, 0.1) is 12.2 Å². The fraction of sp³-hybridized carbons (Fsp3) is 0.875. The van der Waals surface area contributed by atoms with Gasteiger partial charge in [0.25, 0.3) is 0 Å². The van der Waals surface area contributed by atoms with Crippen LogP contribution in [-0.4, -0.2) is 29.7 Å². The topological polar surface area (TPSA) is 46.5 Å². The number of Topliss-reactive ketones (excluding diaryl/α,β-unsaturated/α-hetero) is 1. The Morgan fingerprint density at radius 1 is 1.22 bits per heavy atom. The fourth-order valence-electron chi connectivity index (χ4n) is 7.68. The molecule has 152 valence electrons. The van der Waals surface area contributed by atoms with Crippen LogP contribution in [0.15, 0.2) is 11.6 Å². The first-order valence-corrected chi connectivity index (χ1v) is 11.2. The van der Waals surface area contributed by atoms with Crippen molar-refractivity contribution in [3.05, 3.63) is 11.6 Å². The number of allylic oxidation sites excluding steroid dienone is 2. The van der Waals surface area contributed by atoms with Gasteiger partial charge in [0.1, 0.15) is 5.78 Å². The number of fused-ring (bicyclic) bond motifs is 5. The summed E-state index contributed by atoms with van der Waals surface area (Å²) >= 11 is 0. The van der Waals surface area contributed by atoms with Crippen LogP contribution >= 0.6 is 0 Å². The smallest absolute Gasteiger partial charge is 0.133 e. The van der Waals surface area contributed by atoms with Crippen LogP contribution in [0, 0.1) is 34.5 Å². The molecule has 3 saturated carbocycles. The van der Waals surface area contributed by atoms with E-state index >= 15 is 0 Å². The van der Waals surface area contributed by atoms with Crippen molar-refractivity contribution in [3.8, 4) is 0 Å². The largest absolute Gasteiger partial charge is 0.387 e. The zero-order valence-electron chi connectivity index (χ0n) is 17.7. The standard InChI is InChI=1S/C24H38O3/c1-5-27-15-24(26)13-12-22(3)17(14-24)6-7-18-20-9-8-19(16(2)25)23(20,4)11-10-21(18)22/h10,17-20,26H,5-9,11-15H2,1-4H3/t17-,18-,19+,20-,22-,23+,24+/m0/s1. The summed E-state index contributed by atoms with van der Waals surface area (Å²) < 4.78 is 5.60. The van der Waals surface area contributed by atoms with Crippen LogP contribution < -0.4 is 0 Å². The van der Waals surface area contributed by atoms with E-state index in [0.717, 1.165) is 32.1 Å². The van der Waals surface area contributed by atoms with Crippen molar-refractivity contribution >= 4 is 5.78 Å². The van der Waals surface area contributed by atoms with E-state index in [2.05, 4.69) is 19.9 Å². The normalized spacial score (nSPS) is 49.0. The zero-order valence-corrected chi connectivity index (χ0v) is 17.7. The Labute approximate surface area is 164 Å². The first-order valence-electron chi connectivity index (χ1n) is 11.2. The first-order chi connectivity index (χ1) is 12.7. The van der Waals surface area contributed by atoms with E-state index in [1.54, 1.807) is 12.5 Å². The van der Waals surface area contributed by atoms with Gasteiger partial charge in [-0.25, -0.2) is 0 Å². The fourth-order valence-corrected chi connectivity index (χ4v) is 7.68. The number of carbonyl (C=O) groups is 1. The van der Waals surface area contributed by atoms with Gasteiger partial charge in [-0.3, -0.25) is 4.79 Å². The van der Waals surface area contributed by atoms with Crippen LogP contribution in [0.25, 0.3) is 0 Å². The van der Waals surface area contributed by atoms with Gasteiger partial charge in [0, 0.05) is 12.5 Å². The first kappa shape index (κ1) is 19.6. The van der Waals surface area contributed by atoms with Crippen LogP contribution in [0.4, 0.5) is 0 Å². The number of carbonyl (C=O) groups excluding carboxylic acids is 1. The van der Waals surface area contributed by atoms with E-state index < -0.39 is 5.60 Å². The number of ketones is 1. The molecule has 0 heterocycles. The van der Waals surface area contributed by atoms with E-state index in [0.29, 0.717) is 36.8 Å². The highest BCUT2D eigenvalue weighted by Gasteiger charge is 2.59. The highest BCUT2D eigenvalue weighted by Crippen LogP contribution is 2.66. The van der Waals surface area contributed by atoms with Gasteiger partial charge >= 0.3 is 0 Å². The molecule has 3 heteroatoms. The molecular weight excluding hydrogens is 336 g/mol. The van der Waals surface area contributed by atoms with Crippen LogP contribution in [0.3, 0.4) is 0 Å². The molecule has 0 aliphatic heterocycles. The van der Waals surface area contributed by atoms with Crippen molar-refractivity contribution in [2.24, 2.45) is 34.5 Å². The van der Waals surface area contributed by atoms with Crippen molar-refractivity contribution in [2.45, 2.75) is 84.7 Å². The minimum absolute atomic E-state index is 0.174. The molecule has 0 aromatic carbocycles. The van der Waals surface area contributed by atoms with Crippen LogP contribution in [-0.2, 0) is 9.53 Å². The second-order valence-corrected chi connectivity index (χ2v) is 10.6. The zero-order chi connectivity index (χ0) is 19.4. The summed E-state index contributed by atoms with van der Waals surface area (Å²) in [6.07, 6.45) is 11.2. The molecule has 3 nitrogen and oxygen atoms in total. The molecule has 4 rings (SSSR count). The Kier molecular flexibility index (Phi) is 4.87. The second kappa shape index (κ2) is 6.69. The summed E-state index contributed by atoms with van der Waals surface area (Å²) in [5.74, 6) is 2.55. The maximum Gasteiger partial charge on any atom is 0.133 e. The van der Waals surface area contributed by atoms with Crippen molar-refractivity contribution in [1.82, 2.24) is 0 Å². The molecule has 7 atom stereocenters. The minimum atomic E-state index is -0.635. The summed E-state index contributed by atoms with van der Waals surface area (Å²) in [5.41, 5.74) is 1.46. The SMILES string of the molecule is CCOC[C@@]1(O)CC[C@]2(C)C3=CC[C@]4(C)[C@@H](C(C)=O)CC[C@H]4[C@@H]3CC[C@H]2C1. The Hall–Kier alpha value is -0.670. The second-order valence-electron chi connectivity index (χ2n) is 10.6. The predicted octanol–water partition coefficient (Wildman–Crippen LogP) is 4.92. The lowest BCUT2D eigenvalue weighted by Crippen LogP contribution is -2.52. The third-order valence-electron chi connectivity index (χ3n) is 9.24. The van der Waals surface area contributed by atoms with Gasteiger partial charge in [0.15, 0.2) is 0 Å². The third kappa shape index (κ3) is 2.95. The Morgan fingerprint density at radius 2 is 2.00 bits per heavy atom. The average Bonchev–Trinajstić information content (AvgIpc) is 2.98. The number of rotatable bonds is 4. The minimum Gasteiger partial charge on any atom is -0.387 e. The van der Waals surface area contributed by atoms with Crippen molar-refractivity contribution in [2.75, 3.05) is 13.2 Å².